The van der Waals surface area contributed by atoms with E-state index in [0.717, 1.165) is 22.1 Å². The van der Waals surface area contributed by atoms with E-state index in [2.05, 4.69) is 20.6 Å². The molecule has 0 amide bonds. The Labute approximate surface area is 130 Å². The normalized spacial score (nSPS) is 21.5. The van der Waals surface area contributed by atoms with Gasteiger partial charge in [0.2, 0.25) is 0 Å². The minimum atomic E-state index is -2.88. The zero-order valence-electron chi connectivity index (χ0n) is 12.6. The molecule has 1 aromatic heterocycles. The van der Waals surface area contributed by atoms with Crippen LogP contribution in [0.2, 0.25) is 0 Å². The van der Waals surface area contributed by atoms with E-state index in [-0.39, 0.29) is 17.5 Å². The fraction of sp³-hybridized carbons (Fsp3) is 0.692. The highest BCUT2D eigenvalue weighted by atomic mass is 32.2. The summed E-state index contributed by atoms with van der Waals surface area (Å²) in [5.41, 5.74) is 1.01. The summed E-state index contributed by atoms with van der Waals surface area (Å²) in [4.78, 5) is 10.1. The molecule has 1 fully saturated rings. The molecule has 21 heavy (non-hydrogen) atoms. The zero-order valence-corrected chi connectivity index (χ0v) is 14.3. The van der Waals surface area contributed by atoms with Gasteiger partial charge in [-0.1, -0.05) is 0 Å². The lowest BCUT2D eigenvalue weighted by Crippen LogP contribution is -2.44. The first-order chi connectivity index (χ1) is 9.89. The summed E-state index contributed by atoms with van der Waals surface area (Å²) in [6, 6.07) is -0.0444. The molecule has 1 aliphatic heterocycles. The van der Waals surface area contributed by atoms with Gasteiger partial charge in [0.05, 0.1) is 28.8 Å². The van der Waals surface area contributed by atoms with Crippen LogP contribution < -0.4 is 10.6 Å². The molecule has 2 heterocycles. The van der Waals surface area contributed by atoms with Crippen molar-refractivity contribution in [3.8, 4) is 0 Å². The first-order valence-corrected chi connectivity index (χ1v) is 9.71. The summed E-state index contributed by atoms with van der Waals surface area (Å²) in [6.45, 7) is 7.26. The second-order valence-corrected chi connectivity index (χ2v) is 8.70. The molecule has 0 aromatic carbocycles. The van der Waals surface area contributed by atoms with E-state index in [1.807, 2.05) is 20.8 Å². The smallest absolute Gasteiger partial charge is 0.191 e. The maximum atomic E-state index is 11.5. The van der Waals surface area contributed by atoms with Crippen LogP contribution in [0.5, 0.6) is 0 Å². The van der Waals surface area contributed by atoms with E-state index in [4.69, 9.17) is 0 Å². The van der Waals surface area contributed by atoms with Crippen molar-refractivity contribution < 1.29 is 8.42 Å². The van der Waals surface area contributed by atoms with Crippen LogP contribution in [0.3, 0.4) is 0 Å². The number of aromatic nitrogens is 1. The highest BCUT2D eigenvalue weighted by molar-refractivity contribution is 7.91. The molecule has 0 radical (unpaired) electrons. The van der Waals surface area contributed by atoms with Crippen LogP contribution in [0, 0.1) is 13.8 Å². The van der Waals surface area contributed by atoms with Gasteiger partial charge < -0.3 is 10.6 Å². The Morgan fingerprint density at radius 3 is 2.76 bits per heavy atom. The number of nitrogens with zero attached hydrogens (tertiary/aromatic N) is 2. The average molecular weight is 330 g/mol. The number of guanidine groups is 1. The van der Waals surface area contributed by atoms with Crippen LogP contribution in [0.1, 0.15) is 28.9 Å². The lowest BCUT2D eigenvalue weighted by molar-refractivity contribution is 0.599. The van der Waals surface area contributed by atoms with E-state index in [1.54, 1.807) is 11.3 Å². The fourth-order valence-electron chi connectivity index (χ4n) is 2.29. The monoisotopic (exact) mass is 330 g/mol. The van der Waals surface area contributed by atoms with Gasteiger partial charge in [0.1, 0.15) is 0 Å². The van der Waals surface area contributed by atoms with Gasteiger partial charge in [-0.3, -0.25) is 0 Å². The van der Waals surface area contributed by atoms with Crippen molar-refractivity contribution in [3.63, 3.8) is 0 Å². The Morgan fingerprint density at radius 1 is 1.48 bits per heavy atom. The third-order valence-electron chi connectivity index (χ3n) is 3.30. The molecule has 0 spiro atoms. The number of aliphatic imine (C=N–C) groups is 1. The summed E-state index contributed by atoms with van der Waals surface area (Å²) >= 11 is 1.65. The highest BCUT2D eigenvalue weighted by Crippen LogP contribution is 2.18. The molecule has 2 rings (SSSR count). The molecule has 6 nitrogen and oxygen atoms in total. The van der Waals surface area contributed by atoms with E-state index < -0.39 is 9.84 Å². The van der Waals surface area contributed by atoms with E-state index in [1.165, 1.54) is 0 Å². The van der Waals surface area contributed by atoms with Gasteiger partial charge >= 0.3 is 0 Å². The van der Waals surface area contributed by atoms with Crippen molar-refractivity contribution in [2.75, 3.05) is 18.1 Å². The third kappa shape index (κ3) is 4.67. The van der Waals surface area contributed by atoms with Crippen molar-refractivity contribution in [2.24, 2.45) is 4.99 Å². The minimum absolute atomic E-state index is 0.0444. The maximum Gasteiger partial charge on any atom is 0.191 e. The lowest BCUT2D eigenvalue weighted by atomic mass is 10.3. The molecule has 2 N–H and O–H groups in total. The third-order valence-corrected chi connectivity index (χ3v) is 6.12. The molecule has 118 valence electrons. The van der Waals surface area contributed by atoms with Gasteiger partial charge in [0.25, 0.3) is 0 Å². The van der Waals surface area contributed by atoms with Crippen LogP contribution in [-0.4, -0.2) is 43.5 Å². The molecule has 1 atom stereocenters. The number of sulfone groups is 1. The van der Waals surface area contributed by atoms with Crippen molar-refractivity contribution in [2.45, 2.75) is 39.8 Å². The summed E-state index contributed by atoms with van der Waals surface area (Å²) in [6.07, 6.45) is 0.644. The van der Waals surface area contributed by atoms with Crippen LogP contribution in [0.25, 0.3) is 0 Å². The molecule has 0 saturated carbocycles. The molecule has 1 aliphatic rings. The van der Waals surface area contributed by atoms with Crippen LogP contribution in [-0.2, 0) is 16.4 Å². The Bertz CT molecular complexity index is 622. The number of aryl methyl sites for hydroxylation is 2. The standard InChI is InChI=1S/C13H22N4O2S2/c1-4-14-13(17-11-5-6-21(18,19)8-11)15-7-12-9(2)16-10(3)20-12/h11H,4-8H2,1-3H3,(H2,14,15,17). The first kappa shape index (κ1) is 16.2. The molecule has 0 aliphatic carbocycles. The maximum absolute atomic E-state index is 11.5. The van der Waals surface area contributed by atoms with Gasteiger partial charge in [-0.15, -0.1) is 11.3 Å². The molecule has 1 unspecified atom stereocenters. The van der Waals surface area contributed by atoms with Gasteiger partial charge in [0, 0.05) is 17.5 Å². The minimum Gasteiger partial charge on any atom is -0.357 e. The molecule has 0 bridgehead atoms. The van der Waals surface area contributed by atoms with Crippen molar-refractivity contribution >= 4 is 27.1 Å². The fourth-order valence-corrected chi connectivity index (χ4v) is 4.83. The number of hydrogen-bond acceptors (Lipinski definition) is 5. The highest BCUT2D eigenvalue weighted by Gasteiger charge is 2.28. The van der Waals surface area contributed by atoms with E-state index in [0.29, 0.717) is 18.9 Å². The second-order valence-electron chi connectivity index (χ2n) is 5.18. The second kappa shape index (κ2) is 6.74. The van der Waals surface area contributed by atoms with Crippen molar-refractivity contribution in [1.29, 1.82) is 0 Å². The molecular formula is C13H22N4O2S2. The van der Waals surface area contributed by atoms with Gasteiger partial charge in [-0.2, -0.15) is 0 Å². The van der Waals surface area contributed by atoms with Crippen molar-refractivity contribution in [3.05, 3.63) is 15.6 Å². The lowest BCUT2D eigenvalue weighted by Gasteiger charge is -2.15. The van der Waals surface area contributed by atoms with Crippen LogP contribution in [0.4, 0.5) is 0 Å². The van der Waals surface area contributed by atoms with Gasteiger partial charge in [-0.25, -0.2) is 18.4 Å². The summed E-state index contributed by atoms with van der Waals surface area (Å²) in [7, 11) is -2.88. The SMILES string of the molecule is CCNC(=NCc1sc(C)nc1C)NC1CCS(=O)(=O)C1. The molecule has 1 aromatic rings. The summed E-state index contributed by atoms with van der Waals surface area (Å²) < 4.78 is 23.0. The quantitative estimate of drug-likeness (QED) is 0.636. The van der Waals surface area contributed by atoms with Crippen LogP contribution >= 0.6 is 11.3 Å². The summed E-state index contributed by atoms with van der Waals surface area (Å²) in [5, 5.41) is 7.41. The predicted octanol–water partition coefficient (Wildman–Crippen LogP) is 1.00. The van der Waals surface area contributed by atoms with Gasteiger partial charge in [-0.05, 0) is 27.2 Å². The predicted molar refractivity (Wildman–Crippen MR) is 86.6 cm³/mol. The topological polar surface area (TPSA) is 83.4 Å². The Hall–Kier alpha value is -1.15. The summed E-state index contributed by atoms with van der Waals surface area (Å²) in [5.74, 6) is 1.12. The van der Waals surface area contributed by atoms with E-state index in [9.17, 15) is 8.42 Å². The molecule has 1 saturated heterocycles. The van der Waals surface area contributed by atoms with E-state index >= 15 is 0 Å². The number of hydrogen-bond donors (Lipinski definition) is 2. The Kier molecular flexibility index (Phi) is 5.21. The molecule has 8 heteroatoms. The Balaban J connectivity index is 2.01. The first-order valence-electron chi connectivity index (χ1n) is 7.08. The Morgan fingerprint density at radius 2 is 2.24 bits per heavy atom. The largest absolute Gasteiger partial charge is 0.357 e. The molecular weight excluding hydrogens is 308 g/mol. The average Bonchev–Trinajstić information content (AvgIpc) is 2.89. The van der Waals surface area contributed by atoms with Crippen LogP contribution in [0.15, 0.2) is 4.99 Å². The van der Waals surface area contributed by atoms with Crippen molar-refractivity contribution in [1.82, 2.24) is 15.6 Å². The van der Waals surface area contributed by atoms with Gasteiger partial charge in [0.15, 0.2) is 15.8 Å². The zero-order chi connectivity index (χ0) is 15.5. The number of rotatable bonds is 4. The number of nitrogens with one attached hydrogen (secondary N) is 2. The number of thiazole rings is 1.